The Morgan fingerprint density at radius 3 is 2.43 bits per heavy atom. The van der Waals surface area contributed by atoms with E-state index in [1.165, 1.54) is 24.3 Å². The molecule has 0 atom stereocenters. The summed E-state index contributed by atoms with van der Waals surface area (Å²) in [5, 5.41) is 10.6. The molecule has 0 aliphatic carbocycles. The maximum atomic E-state index is 12.9. The number of halogens is 2. The number of carbonyl (C=O) groups is 1. The van der Waals surface area contributed by atoms with Gasteiger partial charge >= 0.3 is 0 Å². The summed E-state index contributed by atoms with van der Waals surface area (Å²) in [4.78, 5) is 12.3. The lowest BCUT2D eigenvalue weighted by atomic mass is 10.2. The van der Waals surface area contributed by atoms with Gasteiger partial charge in [0.15, 0.2) is 5.69 Å². The van der Waals surface area contributed by atoms with Gasteiger partial charge in [0.05, 0.1) is 11.4 Å². The Morgan fingerprint density at radius 1 is 1.13 bits per heavy atom. The lowest BCUT2D eigenvalue weighted by Gasteiger charge is -2.05. The van der Waals surface area contributed by atoms with Crippen molar-refractivity contribution < 1.29 is 9.18 Å². The third kappa shape index (κ3) is 3.29. The number of hydrogen-bond acceptors (Lipinski definition) is 3. The Labute approximate surface area is 140 Å². The third-order valence-corrected chi connectivity index (χ3v) is 3.81. The van der Waals surface area contributed by atoms with Crippen LogP contribution in [0.25, 0.3) is 5.69 Å². The van der Waals surface area contributed by atoms with Crippen LogP contribution in [0.15, 0.2) is 53.0 Å². The van der Waals surface area contributed by atoms with Gasteiger partial charge in [0.2, 0.25) is 0 Å². The summed E-state index contributed by atoms with van der Waals surface area (Å²) in [6.07, 6.45) is 0. The second-order valence-corrected chi connectivity index (χ2v) is 5.79. The number of nitrogens with one attached hydrogen (secondary N) is 1. The fourth-order valence-corrected chi connectivity index (χ4v) is 2.35. The number of nitrogens with zero attached hydrogens (tertiary/aromatic N) is 3. The van der Waals surface area contributed by atoms with Crippen molar-refractivity contribution in [1.82, 2.24) is 15.0 Å². The molecule has 3 aromatic rings. The highest BCUT2D eigenvalue weighted by atomic mass is 79.9. The molecule has 0 saturated carbocycles. The molecule has 1 heterocycles. The van der Waals surface area contributed by atoms with Crippen LogP contribution in [0.2, 0.25) is 0 Å². The zero-order valence-corrected chi connectivity index (χ0v) is 13.7. The standard InChI is InChI=1S/C16H12BrFN4O/c1-10-15(16(23)19-13-6-4-12(18)5-7-13)20-21-22(10)14-8-2-11(17)3-9-14/h2-9H,1H3,(H,19,23). The number of anilines is 1. The molecule has 0 aliphatic rings. The highest BCUT2D eigenvalue weighted by Gasteiger charge is 2.17. The van der Waals surface area contributed by atoms with Crippen molar-refractivity contribution in [3.05, 3.63) is 70.2 Å². The summed E-state index contributed by atoms with van der Waals surface area (Å²) in [6.45, 7) is 1.77. The molecule has 1 N–H and O–H groups in total. The molecule has 0 spiro atoms. The number of rotatable bonds is 3. The van der Waals surface area contributed by atoms with E-state index in [9.17, 15) is 9.18 Å². The van der Waals surface area contributed by atoms with E-state index >= 15 is 0 Å². The molecule has 116 valence electrons. The van der Waals surface area contributed by atoms with Crippen molar-refractivity contribution in [2.45, 2.75) is 6.92 Å². The second kappa shape index (κ2) is 6.29. The van der Waals surface area contributed by atoms with E-state index in [1.807, 2.05) is 24.3 Å². The van der Waals surface area contributed by atoms with Crippen LogP contribution in [0.5, 0.6) is 0 Å². The van der Waals surface area contributed by atoms with Gasteiger partial charge in [-0.25, -0.2) is 9.07 Å². The molecule has 0 fully saturated rings. The summed E-state index contributed by atoms with van der Waals surface area (Å²) < 4.78 is 15.4. The van der Waals surface area contributed by atoms with E-state index in [0.717, 1.165) is 10.2 Å². The van der Waals surface area contributed by atoms with E-state index in [-0.39, 0.29) is 11.5 Å². The highest BCUT2D eigenvalue weighted by molar-refractivity contribution is 9.10. The van der Waals surface area contributed by atoms with Gasteiger partial charge in [-0.3, -0.25) is 4.79 Å². The number of aromatic nitrogens is 3. The first kappa shape index (κ1) is 15.4. The molecule has 0 radical (unpaired) electrons. The lowest BCUT2D eigenvalue weighted by molar-refractivity contribution is 0.102. The van der Waals surface area contributed by atoms with Crippen LogP contribution in [-0.4, -0.2) is 20.9 Å². The minimum atomic E-state index is -0.391. The fourth-order valence-electron chi connectivity index (χ4n) is 2.09. The van der Waals surface area contributed by atoms with Crippen LogP contribution < -0.4 is 5.32 Å². The van der Waals surface area contributed by atoms with Crippen LogP contribution in [0.1, 0.15) is 16.2 Å². The van der Waals surface area contributed by atoms with E-state index < -0.39 is 5.91 Å². The van der Waals surface area contributed by atoms with Gasteiger partial charge in [0.25, 0.3) is 5.91 Å². The van der Waals surface area contributed by atoms with Crippen LogP contribution >= 0.6 is 15.9 Å². The molecule has 0 saturated heterocycles. The van der Waals surface area contributed by atoms with Crippen LogP contribution in [0.4, 0.5) is 10.1 Å². The van der Waals surface area contributed by atoms with Crippen molar-refractivity contribution in [1.29, 1.82) is 0 Å². The SMILES string of the molecule is Cc1c(C(=O)Nc2ccc(F)cc2)nnn1-c1ccc(Br)cc1. The van der Waals surface area contributed by atoms with Gasteiger partial charge < -0.3 is 5.32 Å². The van der Waals surface area contributed by atoms with Crippen molar-refractivity contribution in [2.75, 3.05) is 5.32 Å². The maximum absolute atomic E-state index is 12.9. The molecular formula is C16H12BrFN4O. The molecule has 3 rings (SSSR count). The van der Waals surface area contributed by atoms with Gasteiger partial charge in [-0.15, -0.1) is 5.10 Å². The second-order valence-electron chi connectivity index (χ2n) is 4.87. The average Bonchev–Trinajstić information content (AvgIpc) is 2.92. The predicted octanol–water partition coefficient (Wildman–Crippen LogP) is 3.73. The topological polar surface area (TPSA) is 59.8 Å². The summed E-state index contributed by atoms with van der Waals surface area (Å²) in [5.74, 6) is -0.752. The van der Waals surface area contributed by atoms with Gasteiger partial charge in [-0.1, -0.05) is 21.1 Å². The monoisotopic (exact) mass is 374 g/mol. The largest absolute Gasteiger partial charge is 0.321 e. The Kier molecular flexibility index (Phi) is 4.20. The van der Waals surface area contributed by atoms with Crippen molar-refractivity contribution in [2.24, 2.45) is 0 Å². The Morgan fingerprint density at radius 2 is 1.78 bits per heavy atom. The zero-order chi connectivity index (χ0) is 16.4. The van der Waals surface area contributed by atoms with E-state index in [1.54, 1.807) is 11.6 Å². The summed E-state index contributed by atoms with van der Waals surface area (Å²) in [5.41, 5.74) is 2.14. The Balaban J connectivity index is 1.85. The third-order valence-electron chi connectivity index (χ3n) is 3.28. The molecule has 1 amide bonds. The molecular weight excluding hydrogens is 363 g/mol. The molecule has 0 aliphatic heterocycles. The van der Waals surface area contributed by atoms with E-state index in [2.05, 4.69) is 31.6 Å². The Hall–Kier alpha value is -2.54. The van der Waals surface area contributed by atoms with Crippen LogP contribution in [0.3, 0.4) is 0 Å². The fraction of sp³-hybridized carbons (Fsp3) is 0.0625. The first-order valence-electron chi connectivity index (χ1n) is 6.80. The summed E-state index contributed by atoms with van der Waals surface area (Å²) >= 11 is 3.37. The number of hydrogen-bond donors (Lipinski definition) is 1. The van der Waals surface area contributed by atoms with E-state index in [0.29, 0.717) is 11.4 Å². The molecule has 1 aromatic heterocycles. The van der Waals surface area contributed by atoms with Gasteiger partial charge in [-0.05, 0) is 55.5 Å². The minimum Gasteiger partial charge on any atom is -0.321 e. The normalized spacial score (nSPS) is 10.6. The molecule has 2 aromatic carbocycles. The molecule has 5 nitrogen and oxygen atoms in total. The van der Waals surface area contributed by atoms with Gasteiger partial charge in [0, 0.05) is 10.2 Å². The number of amides is 1. The number of benzene rings is 2. The predicted molar refractivity (Wildman–Crippen MR) is 88.1 cm³/mol. The first-order chi connectivity index (χ1) is 11.0. The molecule has 7 heteroatoms. The highest BCUT2D eigenvalue weighted by Crippen LogP contribution is 2.17. The van der Waals surface area contributed by atoms with Crippen LogP contribution in [0, 0.1) is 12.7 Å². The van der Waals surface area contributed by atoms with Gasteiger partial charge in [-0.2, -0.15) is 0 Å². The van der Waals surface area contributed by atoms with E-state index in [4.69, 9.17) is 0 Å². The summed E-state index contributed by atoms with van der Waals surface area (Å²) in [6, 6.07) is 13.0. The minimum absolute atomic E-state index is 0.220. The van der Waals surface area contributed by atoms with Crippen molar-refractivity contribution in [3.8, 4) is 5.69 Å². The quantitative estimate of drug-likeness (QED) is 0.759. The molecule has 23 heavy (non-hydrogen) atoms. The zero-order valence-electron chi connectivity index (χ0n) is 12.1. The average molecular weight is 375 g/mol. The first-order valence-corrected chi connectivity index (χ1v) is 7.59. The van der Waals surface area contributed by atoms with Crippen molar-refractivity contribution in [3.63, 3.8) is 0 Å². The van der Waals surface area contributed by atoms with Gasteiger partial charge in [0.1, 0.15) is 5.82 Å². The Bertz CT molecular complexity index is 844. The molecule has 0 unspecified atom stereocenters. The maximum Gasteiger partial charge on any atom is 0.278 e. The molecule has 0 bridgehead atoms. The summed E-state index contributed by atoms with van der Waals surface area (Å²) in [7, 11) is 0. The number of carbonyl (C=O) groups excluding carboxylic acids is 1. The van der Waals surface area contributed by atoms with Crippen LogP contribution in [-0.2, 0) is 0 Å². The smallest absolute Gasteiger partial charge is 0.278 e. The van der Waals surface area contributed by atoms with Crippen molar-refractivity contribution >= 4 is 27.5 Å². The lowest BCUT2D eigenvalue weighted by Crippen LogP contribution is -2.14.